The summed E-state index contributed by atoms with van der Waals surface area (Å²) in [7, 11) is -0.703. The average Bonchev–Trinajstić information content (AvgIpc) is 2.60. The van der Waals surface area contributed by atoms with Crippen molar-refractivity contribution in [1.29, 1.82) is 0 Å². The van der Waals surface area contributed by atoms with Crippen LogP contribution in [0.1, 0.15) is 33.5 Å². The lowest BCUT2D eigenvalue weighted by atomic mass is 9.94. The molecule has 0 saturated carbocycles. The van der Waals surface area contributed by atoms with Gasteiger partial charge in [-0.1, -0.05) is 6.07 Å². The average molecular weight is 451 g/mol. The summed E-state index contributed by atoms with van der Waals surface area (Å²) in [6.45, 7) is 4.72. The summed E-state index contributed by atoms with van der Waals surface area (Å²) in [6, 6.07) is 8.91. The molecule has 0 radical (unpaired) electrons. The van der Waals surface area contributed by atoms with Crippen LogP contribution in [0.4, 0.5) is 5.69 Å². The van der Waals surface area contributed by atoms with E-state index in [-0.39, 0.29) is 10.8 Å². The maximum atomic E-state index is 13.2. The molecular formula is C20H23BrN2O3S. The fraction of sp³-hybridized carbons (Fsp3) is 0.350. The van der Waals surface area contributed by atoms with Gasteiger partial charge in [-0.25, -0.2) is 12.7 Å². The summed E-state index contributed by atoms with van der Waals surface area (Å²) >= 11 is 3.29. The number of nitrogens with zero attached hydrogens (tertiary/aromatic N) is 2. The first-order valence-corrected chi connectivity index (χ1v) is 11.0. The van der Waals surface area contributed by atoms with Gasteiger partial charge in [-0.15, -0.1) is 0 Å². The van der Waals surface area contributed by atoms with E-state index in [9.17, 15) is 13.2 Å². The third-order valence-corrected chi connectivity index (χ3v) is 7.68. The fourth-order valence-electron chi connectivity index (χ4n) is 3.47. The number of fused-ring (bicyclic) bond motifs is 1. The number of anilines is 1. The monoisotopic (exact) mass is 450 g/mol. The number of halogens is 1. The lowest BCUT2D eigenvalue weighted by Crippen LogP contribution is -2.36. The Bertz CT molecular complexity index is 1020. The molecule has 1 amide bonds. The van der Waals surface area contributed by atoms with Crippen LogP contribution < -0.4 is 4.90 Å². The summed E-state index contributed by atoms with van der Waals surface area (Å²) < 4.78 is 26.7. The normalized spacial score (nSPS) is 14.4. The Hall–Kier alpha value is -1.70. The third-order valence-electron chi connectivity index (χ3n) is 4.87. The highest BCUT2D eigenvalue weighted by Gasteiger charge is 2.27. The maximum Gasteiger partial charge on any atom is 0.258 e. The molecule has 0 atom stereocenters. The van der Waals surface area contributed by atoms with Crippen LogP contribution in [-0.4, -0.2) is 39.3 Å². The molecule has 2 aromatic rings. The van der Waals surface area contributed by atoms with Crippen LogP contribution in [0.25, 0.3) is 0 Å². The molecule has 0 aliphatic carbocycles. The molecule has 5 nitrogen and oxygen atoms in total. The van der Waals surface area contributed by atoms with Gasteiger partial charge in [-0.3, -0.25) is 4.79 Å². The standard InChI is InChI=1S/C20H23BrN2O3S/c1-13-10-14(2)16-6-5-9-23(18(16)11-13)20(24)15-7-8-17(21)19(12-15)27(25,26)22(3)4/h7-8,10-12H,5-6,9H2,1-4H3. The zero-order valence-corrected chi connectivity index (χ0v) is 18.3. The second kappa shape index (κ2) is 7.37. The molecule has 2 aromatic carbocycles. The molecule has 27 heavy (non-hydrogen) atoms. The number of hydrogen-bond donors (Lipinski definition) is 0. The summed E-state index contributed by atoms with van der Waals surface area (Å²) in [5, 5.41) is 0. The molecule has 0 bridgehead atoms. The zero-order valence-electron chi connectivity index (χ0n) is 15.9. The number of benzene rings is 2. The van der Waals surface area contributed by atoms with E-state index in [1.54, 1.807) is 17.0 Å². The van der Waals surface area contributed by atoms with Gasteiger partial charge in [0.05, 0.1) is 4.90 Å². The summed E-state index contributed by atoms with van der Waals surface area (Å²) in [4.78, 5) is 15.1. The molecule has 144 valence electrons. The highest BCUT2D eigenvalue weighted by Crippen LogP contribution is 2.33. The smallest absolute Gasteiger partial charge is 0.258 e. The first kappa shape index (κ1) is 20.0. The molecule has 0 fully saturated rings. The van der Waals surface area contributed by atoms with E-state index in [1.165, 1.54) is 31.3 Å². The molecule has 3 rings (SSSR count). The van der Waals surface area contributed by atoms with Gasteiger partial charge in [0, 0.05) is 36.4 Å². The van der Waals surface area contributed by atoms with Crippen molar-refractivity contribution in [1.82, 2.24) is 4.31 Å². The van der Waals surface area contributed by atoms with Crippen LogP contribution in [0.5, 0.6) is 0 Å². The Morgan fingerprint density at radius 1 is 1.15 bits per heavy atom. The van der Waals surface area contributed by atoms with Crippen molar-refractivity contribution in [3.8, 4) is 0 Å². The minimum Gasteiger partial charge on any atom is -0.308 e. The van der Waals surface area contributed by atoms with Gasteiger partial charge in [0.1, 0.15) is 0 Å². The van der Waals surface area contributed by atoms with Gasteiger partial charge in [-0.05, 0) is 83.6 Å². The Balaban J connectivity index is 2.07. The lowest BCUT2D eigenvalue weighted by molar-refractivity contribution is 0.0985. The van der Waals surface area contributed by atoms with Crippen molar-refractivity contribution >= 4 is 37.5 Å². The molecule has 7 heteroatoms. The van der Waals surface area contributed by atoms with E-state index in [1.807, 2.05) is 13.0 Å². The zero-order chi connectivity index (χ0) is 19.9. The number of carbonyl (C=O) groups excluding carboxylic acids is 1. The molecule has 0 aromatic heterocycles. The lowest BCUT2D eigenvalue weighted by Gasteiger charge is -2.31. The van der Waals surface area contributed by atoms with Crippen LogP contribution >= 0.6 is 15.9 Å². The van der Waals surface area contributed by atoms with Crippen LogP contribution in [-0.2, 0) is 16.4 Å². The van der Waals surface area contributed by atoms with Gasteiger partial charge in [0.25, 0.3) is 5.91 Å². The molecule has 0 N–H and O–H groups in total. The number of sulfonamides is 1. The topological polar surface area (TPSA) is 57.7 Å². The first-order chi connectivity index (χ1) is 12.6. The van der Waals surface area contributed by atoms with E-state index < -0.39 is 10.0 Å². The third kappa shape index (κ3) is 3.68. The minimum atomic E-state index is -3.65. The minimum absolute atomic E-state index is 0.0935. The molecule has 1 heterocycles. The van der Waals surface area contributed by atoms with Gasteiger partial charge in [-0.2, -0.15) is 0 Å². The number of amides is 1. The van der Waals surface area contributed by atoms with E-state index in [2.05, 4.69) is 28.9 Å². The van der Waals surface area contributed by atoms with E-state index in [0.29, 0.717) is 16.6 Å². The number of rotatable bonds is 3. The Labute approximate surface area is 169 Å². The van der Waals surface area contributed by atoms with E-state index in [0.717, 1.165) is 28.4 Å². The second-order valence-electron chi connectivity index (χ2n) is 7.07. The number of aryl methyl sites for hydroxylation is 2. The quantitative estimate of drug-likeness (QED) is 0.711. The van der Waals surface area contributed by atoms with E-state index in [4.69, 9.17) is 0 Å². The largest absolute Gasteiger partial charge is 0.308 e. The predicted molar refractivity (Wildman–Crippen MR) is 111 cm³/mol. The number of hydrogen-bond acceptors (Lipinski definition) is 3. The highest BCUT2D eigenvalue weighted by atomic mass is 79.9. The van der Waals surface area contributed by atoms with E-state index >= 15 is 0 Å². The fourth-order valence-corrected chi connectivity index (χ4v) is 5.32. The van der Waals surface area contributed by atoms with Crippen molar-refractivity contribution < 1.29 is 13.2 Å². The molecular weight excluding hydrogens is 428 g/mol. The van der Waals surface area contributed by atoms with Crippen LogP contribution in [0, 0.1) is 13.8 Å². The van der Waals surface area contributed by atoms with Crippen molar-refractivity contribution in [3.05, 3.63) is 57.1 Å². The van der Waals surface area contributed by atoms with Gasteiger partial charge >= 0.3 is 0 Å². The Kier molecular flexibility index (Phi) is 5.47. The van der Waals surface area contributed by atoms with Crippen molar-refractivity contribution in [2.45, 2.75) is 31.6 Å². The van der Waals surface area contributed by atoms with Crippen molar-refractivity contribution in [2.24, 2.45) is 0 Å². The molecule has 0 saturated heterocycles. The molecule has 1 aliphatic heterocycles. The van der Waals surface area contributed by atoms with Crippen LogP contribution in [0.3, 0.4) is 0 Å². The summed E-state index contributed by atoms with van der Waals surface area (Å²) in [5.41, 5.74) is 4.79. The SMILES string of the molecule is Cc1cc(C)c2c(c1)N(C(=O)c1ccc(Br)c(S(=O)(=O)N(C)C)c1)CCC2. The predicted octanol–water partition coefficient (Wildman–Crippen LogP) is 3.91. The van der Waals surface area contributed by atoms with Gasteiger partial charge in [0.15, 0.2) is 0 Å². The van der Waals surface area contributed by atoms with Crippen molar-refractivity contribution in [3.63, 3.8) is 0 Å². The number of carbonyl (C=O) groups is 1. The van der Waals surface area contributed by atoms with Gasteiger partial charge in [0.2, 0.25) is 10.0 Å². The highest BCUT2D eigenvalue weighted by molar-refractivity contribution is 9.10. The Morgan fingerprint density at radius 2 is 1.85 bits per heavy atom. The second-order valence-corrected chi connectivity index (χ2v) is 10.0. The maximum absolute atomic E-state index is 13.2. The molecule has 0 spiro atoms. The molecule has 0 unspecified atom stereocenters. The Morgan fingerprint density at radius 3 is 2.52 bits per heavy atom. The van der Waals surface area contributed by atoms with Gasteiger partial charge < -0.3 is 4.90 Å². The van der Waals surface area contributed by atoms with Crippen LogP contribution in [0.15, 0.2) is 39.7 Å². The summed E-state index contributed by atoms with van der Waals surface area (Å²) in [6.07, 6.45) is 1.84. The first-order valence-electron chi connectivity index (χ1n) is 8.77. The molecule has 1 aliphatic rings. The summed E-state index contributed by atoms with van der Waals surface area (Å²) in [5.74, 6) is -0.177. The van der Waals surface area contributed by atoms with Crippen molar-refractivity contribution in [2.75, 3.05) is 25.5 Å². The van der Waals surface area contributed by atoms with Crippen LogP contribution in [0.2, 0.25) is 0 Å².